The highest BCUT2D eigenvalue weighted by Crippen LogP contribution is 2.34. The lowest BCUT2D eigenvalue weighted by Crippen LogP contribution is -2.58. The lowest BCUT2D eigenvalue weighted by atomic mass is 9.80. The Morgan fingerprint density at radius 1 is 1.26 bits per heavy atom. The van der Waals surface area contributed by atoms with E-state index in [0.717, 1.165) is 5.82 Å². The first-order valence-corrected chi connectivity index (χ1v) is 7.20. The Hall–Kier alpha value is -1.01. The molecule has 1 saturated carbocycles. The molecule has 1 aromatic heterocycles. The van der Waals surface area contributed by atoms with Gasteiger partial charge in [-0.1, -0.05) is 25.7 Å². The number of rotatable bonds is 4. The highest BCUT2D eigenvalue weighted by molar-refractivity contribution is 5.02. The van der Waals surface area contributed by atoms with E-state index in [2.05, 4.69) is 34.4 Å². The summed E-state index contributed by atoms with van der Waals surface area (Å²) in [5, 5.41) is 12.2. The molecule has 108 valence electrons. The number of hydrogen-bond acceptors (Lipinski definition) is 5. The minimum Gasteiger partial charge on any atom is -0.326 e. The van der Waals surface area contributed by atoms with Crippen LogP contribution in [0, 0.1) is 0 Å². The summed E-state index contributed by atoms with van der Waals surface area (Å²) >= 11 is 0. The second-order valence-electron chi connectivity index (χ2n) is 5.92. The van der Waals surface area contributed by atoms with Gasteiger partial charge in [0.15, 0.2) is 5.82 Å². The van der Waals surface area contributed by atoms with E-state index in [-0.39, 0.29) is 11.6 Å². The van der Waals surface area contributed by atoms with Crippen LogP contribution in [-0.2, 0) is 13.5 Å². The molecule has 1 heterocycles. The van der Waals surface area contributed by atoms with Gasteiger partial charge in [-0.3, -0.25) is 0 Å². The fraction of sp³-hybridized carbons (Fsp3) is 0.923. The summed E-state index contributed by atoms with van der Waals surface area (Å²) in [6.45, 7) is 0. The third kappa shape index (κ3) is 3.12. The molecule has 6 nitrogen and oxygen atoms in total. The van der Waals surface area contributed by atoms with E-state index in [1.807, 2.05) is 0 Å². The van der Waals surface area contributed by atoms with Crippen molar-refractivity contribution in [2.75, 3.05) is 14.1 Å². The van der Waals surface area contributed by atoms with Crippen molar-refractivity contribution < 1.29 is 0 Å². The number of nitrogens with zero attached hydrogens (tertiary/aromatic N) is 5. The highest BCUT2D eigenvalue weighted by atomic mass is 15.6. The van der Waals surface area contributed by atoms with Gasteiger partial charge in [0.25, 0.3) is 0 Å². The van der Waals surface area contributed by atoms with Crippen molar-refractivity contribution in [3.63, 3.8) is 0 Å². The highest BCUT2D eigenvalue weighted by Gasteiger charge is 2.39. The SMILES string of the molecule is CN(C)C1(C(N)Cc2nnn(C)n2)CCCCCC1. The molecule has 0 aliphatic heterocycles. The van der Waals surface area contributed by atoms with E-state index >= 15 is 0 Å². The second-order valence-corrected chi connectivity index (χ2v) is 5.92. The van der Waals surface area contributed by atoms with E-state index in [1.165, 1.54) is 43.3 Å². The Bertz CT molecular complexity index is 392. The van der Waals surface area contributed by atoms with Gasteiger partial charge in [-0.15, -0.1) is 10.2 Å². The van der Waals surface area contributed by atoms with Crippen LogP contribution < -0.4 is 5.73 Å². The minimum atomic E-state index is 0.0600. The second kappa shape index (κ2) is 5.96. The summed E-state index contributed by atoms with van der Waals surface area (Å²) in [6.07, 6.45) is 8.21. The zero-order chi connectivity index (χ0) is 13.9. The molecular weight excluding hydrogens is 240 g/mol. The third-order valence-corrected chi connectivity index (χ3v) is 4.50. The van der Waals surface area contributed by atoms with Crippen molar-refractivity contribution in [2.24, 2.45) is 12.8 Å². The predicted octanol–water partition coefficient (Wildman–Crippen LogP) is 0.734. The Kier molecular flexibility index (Phi) is 4.52. The van der Waals surface area contributed by atoms with Crippen LogP contribution in [0.5, 0.6) is 0 Å². The van der Waals surface area contributed by atoms with Crippen LogP contribution in [0.25, 0.3) is 0 Å². The van der Waals surface area contributed by atoms with Gasteiger partial charge in [-0.25, -0.2) is 0 Å². The molecule has 2 rings (SSSR count). The summed E-state index contributed by atoms with van der Waals surface area (Å²) in [7, 11) is 6.08. The number of aryl methyl sites for hydroxylation is 1. The van der Waals surface area contributed by atoms with Crippen LogP contribution in [0.15, 0.2) is 0 Å². The number of aromatic nitrogens is 4. The molecule has 0 radical (unpaired) electrons. The van der Waals surface area contributed by atoms with Crippen molar-refractivity contribution >= 4 is 0 Å². The van der Waals surface area contributed by atoms with E-state index in [9.17, 15) is 0 Å². The average molecular weight is 266 g/mol. The fourth-order valence-corrected chi connectivity index (χ4v) is 3.28. The van der Waals surface area contributed by atoms with E-state index in [4.69, 9.17) is 5.73 Å². The Morgan fingerprint density at radius 2 is 1.89 bits per heavy atom. The smallest absolute Gasteiger partial charge is 0.176 e. The van der Waals surface area contributed by atoms with Crippen molar-refractivity contribution in [1.82, 2.24) is 25.1 Å². The Balaban J connectivity index is 2.13. The number of likely N-dealkylation sites (N-methyl/N-ethyl adjacent to an activating group) is 1. The third-order valence-electron chi connectivity index (χ3n) is 4.50. The molecule has 0 amide bonds. The van der Waals surface area contributed by atoms with Crippen molar-refractivity contribution in [1.29, 1.82) is 0 Å². The van der Waals surface area contributed by atoms with Gasteiger partial charge in [0, 0.05) is 18.0 Å². The lowest BCUT2D eigenvalue weighted by Gasteiger charge is -2.44. The lowest BCUT2D eigenvalue weighted by molar-refractivity contribution is 0.0959. The summed E-state index contributed by atoms with van der Waals surface area (Å²) in [6, 6.07) is 0.0600. The van der Waals surface area contributed by atoms with Crippen LogP contribution in [0.3, 0.4) is 0 Å². The molecule has 0 spiro atoms. The molecule has 0 bridgehead atoms. The molecule has 1 aromatic rings. The molecule has 0 saturated heterocycles. The van der Waals surface area contributed by atoms with Crippen LogP contribution in [-0.4, -0.2) is 50.8 Å². The van der Waals surface area contributed by atoms with E-state index < -0.39 is 0 Å². The van der Waals surface area contributed by atoms with Gasteiger partial charge >= 0.3 is 0 Å². The Morgan fingerprint density at radius 3 is 2.37 bits per heavy atom. The fourth-order valence-electron chi connectivity index (χ4n) is 3.28. The summed E-state index contributed by atoms with van der Waals surface area (Å²) < 4.78 is 0. The van der Waals surface area contributed by atoms with Gasteiger partial charge in [-0.2, -0.15) is 4.80 Å². The maximum atomic E-state index is 6.54. The number of hydrogen-bond donors (Lipinski definition) is 1. The molecule has 1 fully saturated rings. The normalized spacial score (nSPS) is 21.3. The monoisotopic (exact) mass is 266 g/mol. The average Bonchev–Trinajstić information content (AvgIpc) is 2.65. The molecule has 1 unspecified atom stereocenters. The van der Waals surface area contributed by atoms with Crippen molar-refractivity contribution in [3.8, 4) is 0 Å². The van der Waals surface area contributed by atoms with Crippen LogP contribution in [0.4, 0.5) is 0 Å². The largest absolute Gasteiger partial charge is 0.326 e. The zero-order valence-electron chi connectivity index (χ0n) is 12.3. The van der Waals surface area contributed by atoms with Crippen LogP contribution in [0.2, 0.25) is 0 Å². The molecule has 19 heavy (non-hydrogen) atoms. The van der Waals surface area contributed by atoms with E-state index in [1.54, 1.807) is 7.05 Å². The first kappa shape index (κ1) is 14.4. The molecule has 1 atom stereocenters. The van der Waals surface area contributed by atoms with Gasteiger partial charge in [0.1, 0.15) is 0 Å². The summed E-state index contributed by atoms with van der Waals surface area (Å²) in [4.78, 5) is 3.82. The molecule has 1 aliphatic carbocycles. The quantitative estimate of drug-likeness (QED) is 0.814. The maximum absolute atomic E-state index is 6.54. The molecule has 0 aromatic carbocycles. The van der Waals surface area contributed by atoms with Gasteiger partial charge in [-0.05, 0) is 32.2 Å². The first-order valence-electron chi connectivity index (χ1n) is 7.20. The maximum Gasteiger partial charge on any atom is 0.176 e. The molecule has 2 N–H and O–H groups in total. The summed E-state index contributed by atoms with van der Waals surface area (Å²) in [5.74, 6) is 0.750. The van der Waals surface area contributed by atoms with Gasteiger partial charge in [0.2, 0.25) is 0 Å². The van der Waals surface area contributed by atoms with Crippen molar-refractivity contribution in [3.05, 3.63) is 5.82 Å². The summed E-state index contributed by atoms with van der Waals surface area (Å²) in [5.41, 5.74) is 6.62. The predicted molar refractivity (Wildman–Crippen MR) is 74.6 cm³/mol. The zero-order valence-corrected chi connectivity index (χ0v) is 12.3. The molecule has 1 aliphatic rings. The number of nitrogens with two attached hydrogens (primary N) is 1. The van der Waals surface area contributed by atoms with Crippen molar-refractivity contribution in [2.45, 2.75) is 56.5 Å². The minimum absolute atomic E-state index is 0.0600. The first-order chi connectivity index (χ1) is 9.04. The molecule has 6 heteroatoms. The van der Waals surface area contributed by atoms with Crippen LogP contribution >= 0.6 is 0 Å². The number of tetrazole rings is 1. The van der Waals surface area contributed by atoms with Gasteiger partial charge in [0.05, 0.1) is 7.05 Å². The van der Waals surface area contributed by atoms with Gasteiger partial charge < -0.3 is 10.6 Å². The van der Waals surface area contributed by atoms with Crippen LogP contribution in [0.1, 0.15) is 44.3 Å². The topological polar surface area (TPSA) is 72.9 Å². The standard InChI is InChI=1S/C13H26N6/c1-18(2)13(8-6-4-5-7-9-13)11(14)10-12-15-17-19(3)16-12/h11H,4-10,14H2,1-3H3. The molecular formula is C13H26N6. The Labute approximate surface area is 115 Å². The van der Waals surface area contributed by atoms with E-state index in [0.29, 0.717) is 6.42 Å².